The molecule has 3 rings (SSSR count). The van der Waals surface area contributed by atoms with E-state index < -0.39 is 21.7 Å². The van der Waals surface area contributed by atoms with E-state index in [1.54, 1.807) is 15.6 Å². The third-order valence-corrected chi connectivity index (χ3v) is 7.26. The summed E-state index contributed by atoms with van der Waals surface area (Å²) in [4.78, 5) is 7.68. The molecule has 0 aliphatic carbocycles. The number of aryl methyl sites for hydroxylation is 1. The molecule has 0 unspecified atom stereocenters. The zero-order valence-electron chi connectivity index (χ0n) is 13.0. The molecular formula is C14H23N3O3S2. The van der Waals surface area contributed by atoms with E-state index in [4.69, 9.17) is 0 Å². The summed E-state index contributed by atoms with van der Waals surface area (Å²) >= 11 is 1.63. The van der Waals surface area contributed by atoms with Crippen LogP contribution in [0.1, 0.15) is 29.8 Å². The predicted octanol–water partition coefficient (Wildman–Crippen LogP) is 0.812. The molecule has 2 fully saturated rings. The number of nitrogens with zero attached hydrogens (tertiary/aromatic N) is 3. The topological polar surface area (TPSA) is 73.7 Å². The van der Waals surface area contributed by atoms with Crippen molar-refractivity contribution < 1.29 is 13.5 Å². The van der Waals surface area contributed by atoms with Gasteiger partial charge in [0.1, 0.15) is 0 Å². The molecule has 1 N–H and O–H groups in total. The molecule has 8 heteroatoms. The van der Waals surface area contributed by atoms with Gasteiger partial charge in [-0.05, 0) is 26.2 Å². The maximum Gasteiger partial charge on any atom is 0.211 e. The first kappa shape index (κ1) is 16.3. The largest absolute Gasteiger partial charge is 0.390 e. The Morgan fingerprint density at radius 1 is 1.45 bits per heavy atom. The Hall–Kier alpha value is -0.540. The monoisotopic (exact) mass is 345 g/mol. The van der Waals surface area contributed by atoms with Crippen molar-refractivity contribution in [3.05, 3.63) is 16.1 Å². The Bertz CT molecular complexity index is 646. The molecule has 0 aromatic carbocycles. The van der Waals surface area contributed by atoms with Gasteiger partial charge in [-0.1, -0.05) is 0 Å². The zero-order chi connectivity index (χ0) is 16.0. The molecule has 0 saturated carbocycles. The summed E-state index contributed by atoms with van der Waals surface area (Å²) in [6.45, 7) is 4.63. The van der Waals surface area contributed by atoms with Gasteiger partial charge in [-0.25, -0.2) is 13.4 Å². The molecule has 0 bridgehead atoms. The summed E-state index contributed by atoms with van der Waals surface area (Å²) in [5.74, 6) is 0. The first-order valence-corrected chi connectivity index (χ1v) is 10.3. The van der Waals surface area contributed by atoms with E-state index in [-0.39, 0.29) is 0 Å². The molecule has 3 heterocycles. The molecule has 2 aliphatic rings. The van der Waals surface area contributed by atoms with Crippen molar-refractivity contribution in [2.75, 3.05) is 25.9 Å². The van der Waals surface area contributed by atoms with Crippen molar-refractivity contribution in [3.63, 3.8) is 0 Å². The van der Waals surface area contributed by atoms with Crippen LogP contribution < -0.4 is 0 Å². The Morgan fingerprint density at radius 3 is 2.82 bits per heavy atom. The number of aliphatic hydroxyl groups is 1. The van der Waals surface area contributed by atoms with Gasteiger partial charge in [0.15, 0.2) is 0 Å². The average molecular weight is 345 g/mol. The lowest BCUT2D eigenvalue weighted by Crippen LogP contribution is -2.62. The fourth-order valence-corrected chi connectivity index (χ4v) is 6.05. The van der Waals surface area contributed by atoms with Crippen molar-refractivity contribution in [2.45, 2.75) is 44.4 Å². The van der Waals surface area contributed by atoms with E-state index in [9.17, 15) is 13.5 Å². The van der Waals surface area contributed by atoms with Gasteiger partial charge in [-0.3, -0.25) is 4.90 Å². The zero-order valence-corrected chi connectivity index (χ0v) is 14.7. The number of aromatic nitrogens is 1. The smallest absolute Gasteiger partial charge is 0.211 e. The summed E-state index contributed by atoms with van der Waals surface area (Å²) in [5.41, 5.74) is 2.29. The Kier molecular flexibility index (Phi) is 4.32. The molecule has 2 aliphatic heterocycles. The lowest BCUT2D eigenvalue weighted by atomic mass is 9.83. The van der Waals surface area contributed by atoms with Crippen molar-refractivity contribution in [1.29, 1.82) is 0 Å². The molecule has 1 aromatic heterocycles. The Balaban J connectivity index is 1.73. The highest BCUT2D eigenvalue weighted by Gasteiger charge is 2.52. The van der Waals surface area contributed by atoms with E-state index >= 15 is 0 Å². The Morgan fingerprint density at radius 2 is 2.23 bits per heavy atom. The van der Waals surface area contributed by atoms with E-state index in [1.165, 1.54) is 11.1 Å². The highest BCUT2D eigenvalue weighted by molar-refractivity contribution is 7.88. The maximum atomic E-state index is 12.0. The minimum absolute atomic E-state index is 0.517. The first-order chi connectivity index (χ1) is 10.3. The van der Waals surface area contributed by atoms with Gasteiger partial charge in [-0.2, -0.15) is 4.31 Å². The van der Waals surface area contributed by atoms with E-state index in [2.05, 4.69) is 9.88 Å². The number of piperidine rings is 1. The van der Waals surface area contributed by atoms with Gasteiger partial charge < -0.3 is 5.11 Å². The van der Waals surface area contributed by atoms with E-state index in [0.717, 1.165) is 31.6 Å². The van der Waals surface area contributed by atoms with Crippen LogP contribution in [0.3, 0.4) is 0 Å². The van der Waals surface area contributed by atoms with Gasteiger partial charge in [0.25, 0.3) is 0 Å². The molecule has 2 saturated heterocycles. The minimum Gasteiger partial charge on any atom is -0.390 e. The molecule has 1 aromatic rings. The molecule has 2 atom stereocenters. The number of aliphatic hydroxyl groups excluding tert-OH is 1. The first-order valence-electron chi connectivity index (χ1n) is 7.60. The quantitative estimate of drug-likeness (QED) is 0.878. The maximum absolute atomic E-state index is 12.0. The molecule has 22 heavy (non-hydrogen) atoms. The average Bonchev–Trinajstić information content (AvgIpc) is 3.02. The summed E-state index contributed by atoms with van der Waals surface area (Å²) in [6.07, 6.45) is 2.90. The molecule has 1 spiro atoms. The minimum atomic E-state index is -3.27. The molecule has 0 amide bonds. The molecule has 124 valence electrons. The summed E-state index contributed by atoms with van der Waals surface area (Å²) in [7, 11) is -3.27. The number of thiazole rings is 1. The lowest BCUT2D eigenvalue weighted by molar-refractivity contribution is -0.0378. The van der Waals surface area contributed by atoms with Crippen LogP contribution in [0, 0.1) is 6.92 Å². The molecule has 0 radical (unpaired) electrons. The van der Waals surface area contributed by atoms with Gasteiger partial charge in [0.2, 0.25) is 10.0 Å². The lowest BCUT2D eigenvalue weighted by Gasteiger charge is -2.47. The van der Waals surface area contributed by atoms with Crippen molar-refractivity contribution in [2.24, 2.45) is 0 Å². The second kappa shape index (κ2) is 5.83. The van der Waals surface area contributed by atoms with Crippen LogP contribution >= 0.6 is 11.3 Å². The van der Waals surface area contributed by atoms with Crippen LogP contribution in [0.25, 0.3) is 0 Å². The van der Waals surface area contributed by atoms with E-state index in [0.29, 0.717) is 19.5 Å². The van der Waals surface area contributed by atoms with Crippen LogP contribution in [-0.4, -0.2) is 65.2 Å². The summed E-state index contributed by atoms with van der Waals surface area (Å²) in [6, 6.07) is 0. The standard InChI is InChI=1S/C14H23N3O3S2/c1-11-12(21-10-15-11)8-16-7-5-14(13(18)9-16)4-3-6-17(14)22(2,19)20/h10,13,18H,3-9H2,1-2H3/t13-,14-/m0/s1. The fraction of sp³-hybridized carbons (Fsp3) is 0.786. The summed E-state index contributed by atoms with van der Waals surface area (Å²) in [5, 5.41) is 10.7. The number of hydrogen-bond donors (Lipinski definition) is 1. The van der Waals surface area contributed by atoms with Gasteiger partial charge in [-0.15, -0.1) is 11.3 Å². The number of sulfonamides is 1. The van der Waals surface area contributed by atoms with Crippen LogP contribution in [-0.2, 0) is 16.6 Å². The fourth-order valence-electron chi connectivity index (χ4n) is 3.80. The molecular weight excluding hydrogens is 322 g/mol. The predicted molar refractivity (Wildman–Crippen MR) is 86.3 cm³/mol. The van der Waals surface area contributed by atoms with Gasteiger partial charge in [0.05, 0.1) is 29.1 Å². The third kappa shape index (κ3) is 2.82. The number of β-amino-alcohol motifs (C(OH)–C–C–N with tert-alkyl or cyclic N) is 1. The third-order valence-electron chi connectivity index (χ3n) is 4.99. The second-order valence-electron chi connectivity index (χ2n) is 6.40. The summed E-state index contributed by atoms with van der Waals surface area (Å²) < 4.78 is 25.6. The van der Waals surface area contributed by atoms with E-state index in [1.807, 2.05) is 12.4 Å². The van der Waals surface area contributed by atoms with Crippen LogP contribution in [0.4, 0.5) is 0 Å². The van der Waals surface area contributed by atoms with Crippen LogP contribution in [0.15, 0.2) is 5.51 Å². The van der Waals surface area contributed by atoms with Crippen molar-refractivity contribution in [3.8, 4) is 0 Å². The highest BCUT2D eigenvalue weighted by Crippen LogP contribution is 2.40. The Labute approximate surface area is 135 Å². The SMILES string of the molecule is Cc1ncsc1CN1CC[C@@]2(CCCN2S(C)(=O)=O)[C@@H](O)C1. The van der Waals surface area contributed by atoms with Crippen LogP contribution in [0.2, 0.25) is 0 Å². The normalized spacial score (nSPS) is 31.1. The second-order valence-corrected chi connectivity index (χ2v) is 9.25. The number of likely N-dealkylation sites (tertiary alicyclic amines) is 1. The van der Waals surface area contributed by atoms with Gasteiger partial charge >= 0.3 is 0 Å². The molecule has 6 nitrogen and oxygen atoms in total. The van der Waals surface area contributed by atoms with Crippen molar-refractivity contribution in [1.82, 2.24) is 14.2 Å². The highest BCUT2D eigenvalue weighted by atomic mass is 32.2. The van der Waals surface area contributed by atoms with Crippen LogP contribution in [0.5, 0.6) is 0 Å². The number of rotatable bonds is 3. The van der Waals surface area contributed by atoms with Gasteiger partial charge in [0, 0.05) is 31.1 Å². The number of hydrogen-bond acceptors (Lipinski definition) is 6. The van der Waals surface area contributed by atoms with Crippen molar-refractivity contribution >= 4 is 21.4 Å².